The number of imidazole rings is 1. The number of nitrogens with zero attached hydrogens (tertiary/aromatic N) is 1. The molecule has 5 nitrogen and oxygen atoms in total. The molecule has 0 aliphatic rings. The van der Waals surface area contributed by atoms with Crippen molar-refractivity contribution in [2.45, 2.75) is 26.2 Å². The Kier molecular flexibility index (Phi) is 8.91. The lowest BCUT2D eigenvalue weighted by Crippen LogP contribution is -2.23. The quantitative estimate of drug-likeness (QED) is 0.489. The molecule has 0 saturated carbocycles. The minimum Gasteiger partial charge on any atom is -0.339 e. The van der Waals surface area contributed by atoms with E-state index in [0.29, 0.717) is 0 Å². The van der Waals surface area contributed by atoms with E-state index < -0.39 is 30.1 Å². The van der Waals surface area contributed by atoms with Crippen LogP contribution in [0.4, 0.5) is 26.3 Å². The van der Waals surface area contributed by atoms with Gasteiger partial charge >= 0.3 is 12.4 Å². The number of alkyl halides is 6. The highest BCUT2D eigenvalue weighted by Crippen LogP contribution is 2.26. The summed E-state index contributed by atoms with van der Waals surface area (Å²) in [6.45, 7) is 2.91. The standard InChI is InChI=1S/C5H5F3N2.C3HF3O2.C2H4O/c1-3-9-2-4(10-3)5(6,7)8;4-3(5,6)2(8)1-7;1-2-3/h2H,1H3,(H,9,10);1H;2H,1H3. The lowest BCUT2D eigenvalue weighted by molar-refractivity contribution is -0.171. The van der Waals surface area contributed by atoms with Crippen LogP contribution in [0.25, 0.3) is 0 Å². The number of nitrogens with one attached hydrogen (secondary N) is 1. The summed E-state index contributed by atoms with van der Waals surface area (Å²) in [5.74, 6) is -2.08. The highest BCUT2D eigenvalue weighted by molar-refractivity contribution is 6.27. The fourth-order valence-corrected chi connectivity index (χ4v) is 0.632. The monoisotopic (exact) mass is 320 g/mol. The SMILES string of the molecule is CC=O.Cc1ncc(C(F)(F)F)[nH]1.O=CC(=O)C(F)(F)F. The predicted molar refractivity (Wildman–Crippen MR) is 57.2 cm³/mol. The highest BCUT2D eigenvalue weighted by atomic mass is 19.4. The second-order valence-electron chi connectivity index (χ2n) is 3.10. The zero-order chi connectivity index (χ0) is 17.3. The molecule has 0 aromatic carbocycles. The van der Waals surface area contributed by atoms with E-state index in [9.17, 15) is 31.1 Å². The van der Waals surface area contributed by atoms with E-state index in [-0.39, 0.29) is 5.82 Å². The second-order valence-corrected chi connectivity index (χ2v) is 3.10. The summed E-state index contributed by atoms with van der Waals surface area (Å²) in [4.78, 5) is 32.7. The van der Waals surface area contributed by atoms with Gasteiger partial charge < -0.3 is 9.78 Å². The Morgan fingerprint density at radius 2 is 1.62 bits per heavy atom. The summed E-state index contributed by atoms with van der Waals surface area (Å²) in [6.07, 6.45) is -8.54. The number of rotatable bonds is 1. The van der Waals surface area contributed by atoms with Gasteiger partial charge in [0.15, 0.2) is 6.29 Å². The topological polar surface area (TPSA) is 79.9 Å². The van der Waals surface area contributed by atoms with Crippen molar-refractivity contribution in [2.24, 2.45) is 0 Å². The van der Waals surface area contributed by atoms with Crippen molar-refractivity contribution < 1.29 is 40.7 Å². The molecule has 1 aromatic rings. The van der Waals surface area contributed by atoms with Crippen LogP contribution in [0.5, 0.6) is 0 Å². The first-order valence-corrected chi connectivity index (χ1v) is 4.95. The van der Waals surface area contributed by atoms with Crippen molar-refractivity contribution >= 4 is 18.4 Å². The number of carbonyl (C=O) groups is 3. The Hall–Kier alpha value is -2.20. The van der Waals surface area contributed by atoms with Gasteiger partial charge in [-0.1, -0.05) is 0 Å². The summed E-state index contributed by atoms with van der Waals surface area (Å²) < 4.78 is 67.8. The van der Waals surface area contributed by atoms with Crippen molar-refractivity contribution in [1.29, 1.82) is 0 Å². The molecule has 1 N–H and O–H groups in total. The largest absolute Gasteiger partial charge is 0.457 e. The molecular weight excluding hydrogens is 310 g/mol. The Balaban J connectivity index is 0. The molecule has 0 fully saturated rings. The van der Waals surface area contributed by atoms with Crippen LogP contribution in [0.3, 0.4) is 0 Å². The number of aromatic amines is 1. The summed E-state index contributed by atoms with van der Waals surface area (Å²) in [5, 5.41) is 0. The van der Waals surface area contributed by atoms with E-state index in [1.807, 2.05) is 0 Å². The highest BCUT2D eigenvalue weighted by Gasteiger charge is 2.37. The van der Waals surface area contributed by atoms with E-state index in [2.05, 4.69) is 9.97 Å². The maximum absolute atomic E-state index is 11.7. The molecule has 1 rings (SSSR count). The van der Waals surface area contributed by atoms with Gasteiger partial charge in [0.2, 0.25) is 0 Å². The lowest BCUT2D eigenvalue weighted by Gasteiger charge is -1.99. The predicted octanol–water partition coefficient (Wildman–Crippen LogP) is 2.26. The Labute approximate surface area is 114 Å². The molecule has 0 bridgehead atoms. The number of H-pyrrole nitrogens is 1. The van der Waals surface area contributed by atoms with Gasteiger partial charge in [0.1, 0.15) is 17.8 Å². The minimum atomic E-state index is -5.00. The molecular formula is C10H10F6N2O3. The average molecular weight is 320 g/mol. The third-order valence-electron chi connectivity index (χ3n) is 1.39. The van der Waals surface area contributed by atoms with Gasteiger partial charge in [-0.05, 0) is 13.8 Å². The molecule has 21 heavy (non-hydrogen) atoms. The van der Waals surface area contributed by atoms with Crippen molar-refractivity contribution in [3.8, 4) is 0 Å². The fraction of sp³-hybridized carbons (Fsp3) is 0.400. The first-order chi connectivity index (χ1) is 9.39. The average Bonchev–Trinajstić information content (AvgIpc) is 2.75. The van der Waals surface area contributed by atoms with Crippen LogP contribution in [0.2, 0.25) is 0 Å². The number of aryl methyl sites for hydroxylation is 1. The smallest absolute Gasteiger partial charge is 0.339 e. The van der Waals surface area contributed by atoms with Gasteiger partial charge in [0.25, 0.3) is 5.78 Å². The molecule has 1 aromatic heterocycles. The molecule has 0 amide bonds. The zero-order valence-corrected chi connectivity index (χ0v) is 10.7. The Bertz CT molecular complexity index is 464. The number of aromatic nitrogens is 2. The van der Waals surface area contributed by atoms with E-state index in [1.165, 1.54) is 13.8 Å². The van der Waals surface area contributed by atoms with Gasteiger partial charge in [0, 0.05) is 0 Å². The molecule has 0 unspecified atom stereocenters. The number of Topliss-reactive ketones (excluding diaryl/α,β-unsaturated/α-hetero) is 1. The van der Waals surface area contributed by atoms with Gasteiger partial charge in [0.05, 0.1) is 6.20 Å². The summed E-state index contributed by atoms with van der Waals surface area (Å²) in [5.41, 5.74) is -0.801. The van der Waals surface area contributed by atoms with Crippen LogP contribution in [0.15, 0.2) is 6.20 Å². The molecule has 120 valence electrons. The molecule has 0 aliphatic heterocycles. The van der Waals surface area contributed by atoms with Crippen molar-refractivity contribution in [3.05, 3.63) is 17.7 Å². The van der Waals surface area contributed by atoms with E-state index in [0.717, 1.165) is 12.5 Å². The van der Waals surface area contributed by atoms with Gasteiger partial charge in [-0.3, -0.25) is 9.59 Å². The van der Waals surface area contributed by atoms with Crippen molar-refractivity contribution in [2.75, 3.05) is 0 Å². The number of carbonyl (C=O) groups excluding carboxylic acids is 3. The van der Waals surface area contributed by atoms with Crippen LogP contribution in [0, 0.1) is 6.92 Å². The van der Waals surface area contributed by atoms with Crippen LogP contribution in [0.1, 0.15) is 18.4 Å². The third kappa shape index (κ3) is 10.3. The number of ketones is 1. The van der Waals surface area contributed by atoms with Gasteiger partial charge in [-0.2, -0.15) is 26.3 Å². The molecule has 0 saturated heterocycles. The number of hydrogen-bond donors (Lipinski definition) is 1. The van der Waals surface area contributed by atoms with Gasteiger partial charge in [-0.15, -0.1) is 0 Å². The van der Waals surface area contributed by atoms with E-state index in [4.69, 9.17) is 9.59 Å². The Morgan fingerprint density at radius 1 is 1.19 bits per heavy atom. The van der Waals surface area contributed by atoms with Crippen molar-refractivity contribution in [3.63, 3.8) is 0 Å². The Morgan fingerprint density at radius 3 is 1.71 bits per heavy atom. The molecule has 11 heteroatoms. The van der Waals surface area contributed by atoms with Crippen molar-refractivity contribution in [1.82, 2.24) is 9.97 Å². The van der Waals surface area contributed by atoms with Crippen LogP contribution in [-0.2, 0) is 20.6 Å². The van der Waals surface area contributed by atoms with E-state index >= 15 is 0 Å². The maximum Gasteiger partial charge on any atom is 0.457 e. The summed E-state index contributed by atoms with van der Waals surface area (Å²) in [7, 11) is 0. The normalized spacial score (nSPS) is 10.5. The lowest BCUT2D eigenvalue weighted by atomic mass is 10.4. The van der Waals surface area contributed by atoms with E-state index in [1.54, 1.807) is 0 Å². The van der Waals surface area contributed by atoms with Crippen LogP contribution < -0.4 is 0 Å². The number of hydrogen-bond acceptors (Lipinski definition) is 4. The molecule has 0 spiro atoms. The molecule has 0 atom stereocenters. The van der Waals surface area contributed by atoms with Crippen LogP contribution in [-0.4, -0.2) is 34.5 Å². The summed E-state index contributed by atoms with van der Waals surface area (Å²) in [6, 6.07) is 0. The number of halogens is 6. The molecule has 1 heterocycles. The minimum absolute atomic E-state index is 0.271. The number of aldehydes is 2. The molecule has 0 aliphatic carbocycles. The fourth-order valence-electron chi connectivity index (χ4n) is 0.632. The van der Waals surface area contributed by atoms with Crippen LogP contribution >= 0.6 is 0 Å². The summed E-state index contributed by atoms with van der Waals surface area (Å²) >= 11 is 0. The van der Waals surface area contributed by atoms with Gasteiger partial charge in [-0.25, -0.2) is 4.98 Å². The maximum atomic E-state index is 11.7. The second kappa shape index (κ2) is 8.87. The zero-order valence-electron chi connectivity index (χ0n) is 10.7. The third-order valence-corrected chi connectivity index (χ3v) is 1.39. The first kappa shape index (κ1) is 21.1. The molecule has 0 radical (unpaired) electrons. The first-order valence-electron chi connectivity index (χ1n) is 4.95.